The number of aromatic nitrogens is 1. The zero-order valence-corrected chi connectivity index (χ0v) is 12.4. The van der Waals surface area contributed by atoms with Crippen molar-refractivity contribution in [3.05, 3.63) is 52.3 Å². The highest BCUT2D eigenvalue weighted by Crippen LogP contribution is 2.30. The first-order valence-electron chi connectivity index (χ1n) is 5.68. The average Bonchev–Trinajstić information content (AvgIpc) is 2.82. The number of hydrogen-bond donors (Lipinski definition) is 1. The molecule has 0 amide bonds. The van der Waals surface area contributed by atoms with Crippen LogP contribution >= 0.6 is 27.3 Å². The fourth-order valence-electron chi connectivity index (χ4n) is 1.76. The van der Waals surface area contributed by atoms with Crippen LogP contribution in [0, 0.1) is 17.1 Å². The molecule has 98 valence electrons. The van der Waals surface area contributed by atoms with Gasteiger partial charge in [0.1, 0.15) is 11.9 Å². The highest BCUT2D eigenvalue weighted by atomic mass is 79.9. The first-order valence-corrected chi connectivity index (χ1v) is 7.29. The van der Waals surface area contributed by atoms with E-state index in [9.17, 15) is 4.39 Å². The first kappa shape index (κ1) is 13.0. The van der Waals surface area contributed by atoms with Crippen LogP contribution in [0.25, 0.3) is 10.2 Å². The number of nitriles is 1. The summed E-state index contributed by atoms with van der Waals surface area (Å²) in [7, 11) is 0. The average molecular weight is 348 g/mol. The van der Waals surface area contributed by atoms with Gasteiger partial charge in [0, 0.05) is 10.2 Å². The molecular weight excluding hydrogens is 341 g/mol. The van der Waals surface area contributed by atoms with E-state index in [2.05, 4.69) is 26.2 Å². The molecule has 3 rings (SSSR count). The van der Waals surface area contributed by atoms with Crippen molar-refractivity contribution in [2.45, 2.75) is 0 Å². The summed E-state index contributed by atoms with van der Waals surface area (Å²) in [5, 5.41) is 12.6. The maximum Gasteiger partial charge on any atom is 0.188 e. The number of fused-ring (bicyclic) bond motifs is 1. The molecule has 0 spiro atoms. The van der Waals surface area contributed by atoms with Gasteiger partial charge in [-0.15, -0.1) is 0 Å². The summed E-state index contributed by atoms with van der Waals surface area (Å²) >= 11 is 4.91. The molecule has 1 heterocycles. The Morgan fingerprint density at radius 2 is 2.10 bits per heavy atom. The van der Waals surface area contributed by atoms with Crippen LogP contribution in [0.2, 0.25) is 0 Å². The summed E-state index contributed by atoms with van der Waals surface area (Å²) in [6, 6.07) is 12.0. The molecule has 1 N–H and O–H groups in total. The van der Waals surface area contributed by atoms with Crippen molar-refractivity contribution in [3.8, 4) is 6.07 Å². The summed E-state index contributed by atoms with van der Waals surface area (Å²) in [5.41, 5.74) is 1.54. The molecule has 0 bridgehead atoms. The van der Waals surface area contributed by atoms with E-state index in [0.717, 1.165) is 14.7 Å². The van der Waals surface area contributed by atoms with E-state index >= 15 is 0 Å². The topological polar surface area (TPSA) is 48.7 Å². The fourth-order valence-corrected chi connectivity index (χ4v) is 3.20. The van der Waals surface area contributed by atoms with Crippen molar-refractivity contribution in [3.63, 3.8) is 0 Å². The van der Waals surface area contributed by atoms with Crippen LogP contribution in [-0.4, -0.2) is 4.98 Å². The normalized spacial score (nSPS) is 10.4. The monoisotopic (exact) mass is 347 g/mol. The minimum Gasteiger partial charge on any atom is -0.331 e. The van der Waals surface area contributed by atoms with E-state index in [1.165, 1.54) is 23.5 Å². The van der Waals surface area contributed by atoms with Crippen molar-refractivity contribution in [2.75, 3.05) is 5.32 Å². The maximum absolute atomic E-state index is 13.3. The highest BCUT2D eigenvalue weighted by molar-refractivity contribution is 9.10. The van der Waals surface area contributed by atoms with Crippen molar-refractivity contribution < 1.29 is 4.39 Å². The quantitative estimate of drug-likeness (QED) is 0.723. The Balaban J connectivity index is 1.95. The molecule has 3 nitrogen and oxygen atoms in total. The van der Waals surface area contributed by atoms with Crippen molar-refractivity contribution >= 4 is 48.3 Å². The number of hydrogen-bond acceptors (Lipinski definition) is 4. The molecule has 3 aromatic rings. The Bertz CT molecular complexity index is 838. The maximum atomic E-state index is 13.3. The summed E-state index contributed by atoms with van der Waals surface area (Å²) < 4.78 is 15.3. The summed E-state index contributed by atoms with van der Waals surface area (Å²) in [4.78, 5) is 4.44. The van der Waals surface area contributed by atoms with Crippen LogP contribution in [0.4, 0.5) is 15.2 Å². The Morgan fingerprint density at radius 1 is 1.25 bits per heavy atom. The molecule has 0 saturated heterocycles. The van der Waals surface area contributed by atoms with Gasteiger partial charge in [-0.05, 0) is 36.4 Å². The molecule has 0 aliphatic heterocycles. The smallest absolute Gasteiger partial charge is 0.188 e. The van der Waals surface area contributed by atoms with Crippen LogP contribution in [-0.2, 0) is 0 Å². The van der Waals surface area contributed by atoms with Gasteiger partial charge in [-0.3, -0.25) is 0 Å². The van der Waals surface area contributed by atoms with Gasteiger partial charge in [0.05, 0.1) is 15.8 Å². The molecule has 0 aliphatic carbocycles. The van der Waals surface area contributed by atoms with Crippen LogP contribution in [0.5, 0.6) is 0 Å². The number of nitrogens with one attached hydrogen (secondary N) is 1. The van der Waals surface area contributed by atoms with Gasteiger partial charge >= 0.3 is 0 Å². The SMILES string of the molecule is N#Cc1cc(Nc2nc3ccc(Br)cc3s2)ccc1F. The van der Waals surface area contributed by atoms with Gasteiger partial charge in [0.2, 0.25) is 0 Å². The predicted molar refractivity (Wildman–Crippen MR) is 81.7 cm³/mol. The second-order valence-electron chi connectivity index (χ2n) is 4.06. The fraction of sp³-hybridized carbons (Fsp3) is 0. The van der Waals surface area contributed by atoms with Gasteiger partial charge < -0.3 is 5.32 Å². The Kier molecular flexibility index (Phi) is 3.38. The van der Waals surface area contributed by atoms with E-state index in [-0.39, 0.29) is 5.56 Å². The molecule has 6 heteroatoms. The molecule has 20 heavy (non-hydrogen) atoms. The largest absolute Gasteiger partial charge is 0.331 e. The lowest BCUT2D eigenvalue weighted by Gasteiger charge is -2.02. The van der Waals surface area contributed by atoms with E-state index in [0.29, 0.717) is 10.8 Å². The number of halogens is 2. The third kappa shape index (κ3) is 2.50. The molecule has 0 aliphatic rings. The van der Waals surface area contributed by atoms with Crippen LogP contribution in [0.15, 0.2) is 40.9 Å². The number of rotatable bonds is 2. The first-order chi connectivity index (χ1) is 9.65. The molecule has 0 fully saturated rings. The lowest BCUT2D eigenvalue weighted by molar-refractivity contribution is 0.624. The standard InChI is InChI=1S/C14H7BrFN3S/c15-9-1-4-12-13(6-9)20-14(19-12)18-10-2-3-11(16)8(5-10)7-17/h1-6H,(H,18,19). The Hall–Kier alpha value is -1.97. The van der Waals surface area contributed by atoms with E-state index in [1.807, 2.05) is 24.3 Å². The molecular formula is C14H7BrFN3S. The summed E-state index contributed by atoms with van der Waals surface area (Å²) in [6.07, 6.45) is 0. The van der Waals surface area contributed by atoms with Gasteiger partial charge in [-0.2, -0.15) is 5.26 Å². The lowest BCUT2D eigenvalue weighted by atomic mass is 10.2. The van der Waals surface area contributed by atoms with Crippen LogP contribution < -0.4 is 5.32 Å². The molecule has 0 radical (unpaired) electrons. The molecule has 0 unspecified atom stereocenters. The van der Waals surface area contributed by atoms with Crippen LogP contribution in [0.3, 0.4) is 0 Å². The van der Waals surface area contributed by atoms with Crippen LogP contribution in [0.1, 0.15) is 5.56 Å². The third-order valence-electron chi connectivity index (χ3n) is 2.69. The summed E-state index contributed by atoms with van der Waals surface area (Å²) in [5.74, 6) is -0.522. The minimum atomic E-state index is -0.522. The number of nitrogens with zero attached hydrogens (tertiary/aromatic N) is 2. The second kappa shape index (κ2) is 5.19. The molecule has 1 aromatic heterocycles. The van der Waals surface area contributed by atoms with E-state index in [4.69, 9.17) is 5.26 Å². The van der Waals surface area contributed by atoms with E-state index < -0.39 is 5.82 Å². The number of thiazole rings is 1. The van der Waals surface area contributed by atoms with Crippen molar-refractivity contribution in [1.29, 1.82) is 5.26 Å². The molecule has 2 aromatic carbocycles. The predicted octanol–water partition coefficient (Wildman–Crippen LogP) is 4.81. The Morgan fingerprint density at radius 3 is 2.90 bits per heavy atom. The van der Waals surface area contributed by atoms with Crippen molar-refractivity contribution in [1.82, 2.24) is 4.98 Å². The second-order valence-corrected chi connectivity index (χ2v) is 6.01. The highest BCUT2D eigenvalue weighted by Gasteiger charge is 2.07. The lowest BCUT2D eigenvalue weighted by Crippen LogP contribution is -1.91. The number of anilines is 2. The van der Waals surface area contributed by atoms with Gasteiger partial charge in [0.15, 0.2) is 5.13 Å². The number of benzene rings is 2. The van der Waals surface area contributed by atoms with Crippen molar-refractivity contribution in [2.24, 2.45) is 0 Å². The van der Waals surface area contributed by atoms with Gasteiger partial charge in [-0.25, -0.2) is 9.37 Å². The molecule has 0 saturated carbocycles. The molecule has 0 atom stereocenters. The zero-order chi connectivity index (χ0) is 14.1. The summed E-state index contributed by atoms with van der Waals surface area (Å²) in [6.45, 7) is 0. The van der Waals surface area contributed by atoms with Gasteiger partial charge in [0.25, 0.3) is 0 Å². The Labute approximate surface area is 126 Å². The van der Waals surface area contributed by atoms with E-state index in [1.54, 1.807) is 6.07 Å². The van der Waals surface area contributed by atoms with Gasteiger partial charge in [-0.1, -0.05) is 27.3 Å². The zero-order valence-electron chi connectivity index (χ0n) is 10.0. The minimum absolute atomic E-state index is 0.0128. The third-order valence-corrected chi connectivity index (χ3v) is 4.12.